The quantitative estimate of drug-likeness (QED) is 0.468. The molecule has 1 N–H and O–H groups in total. The van der Waals surface area contributed by atoms with Gasteiger partial charge in [0.2, 0.25) is 5.91 Å². The number of carbonyl (C=O) groups is 2. The fourth-order valence-electron chi connectivity index (χ4n) is 7.46. The molecule has 4 nitrogen and oxygen atoms in total. The van der Waals surface area contributed by atoms with E-state index < -0.39 is 0 Å². The van der Waals surface area contributed by atoms with Crippen LogP contribution in [-0.4, -0.2) is 24.4 Å². The molecule has 0 radical (unpaired) electrons. The van der Waals surface area contributed by atoms with Gasteiger partial charge in [-0.3, -0.25) is 14.5 Å². The molecule has 35 heavy (non-hydrogen) atoms. The first kappa shape index (κ1) is 23.2. The van der Waals surface area contributed by atoms with Crippen molar-refractivity contribution in [1.29, 1.82) is 0 Å². The van der Waals surface area contributed by atoms with Gasteiger partial charge in [0.25, 0.3) is 5.91 Å². The van der Waals surface area contributed by atoms with Crippen LogP contribution < -0.4 is 10.2 Å². The molecule has 1 heterocycles. The minimum atomic E-state index is -0.147. The van der Waals surface area contributed by atoms with Crippen molar-refractivity contribution >= 4 is 46.9 Å². The van der Waals surface area contributed by atoms with Crippen LogP contribution in [0.2, 0.25) is 5.02 Å². The molecule has 2 aromatic carbocycles. The van der Waals surface area contributed by atoms with Crippen molar-refractivity contribution in [1.82, 2.24) is 5.32 Å². The lowest BCUT2D eigenvalue weighted by molar-refractivity contribution is -0.126. The molecule has 2 aromatic rings. The Labute approximate surface area is 216 Å². The first-order valence-electron chi connectivity index (χ1n) is 12.7. The van der Waals surface area contributed by atoms with Gasteiger partial charge >= 0.3 is 0 Å². The molecule has 0 spiro atoms. The number of amides is 2. The van der Waals surface area contributed by atoms with Gasteiger partial charge in [0.15, 0.2) is 0 Å². The highest BCUT2D eigenvalue weighted by molar-refractivity contribution is 8.04. The largest absolute Gasteiger partial charge is 0.352 e. The summed E-state index contributed by atoms with van der Waals surface area (Å²) < 4.78 is 0. The Hall–Kier alpha value is -2.24. The van der Waals surface area contributed by atoms with Crippen LogP contribution in [0.1, 0.15) is 51.0 Å². The minimum Gasteiger partial charge on any atom is -0.352 e. The highest BCUT2D eigenvalue weighted by Crippen LogP contribution is 2.61. The molecule has 2 amide bonds. The van der Waals surface area contributed by atoms with Gasteiger partial charge in [-0.15, -0.1) is 0 Å². The van der Waals surface area contributed by atoms with Gasteiger partial charge in [-0.2, -0.15) is 0 Å². The minimum absolute atomic E-state index is 0.0278. The molecular formula is C29H31ClN2O2S. The molecule has 4 saturated carbocycles. The predicted octanol–water partition coefficient (Wildman–Crippen LogP) is 6.54. The van der Waals surface area contributed by atoms with E-state index in [1.165, 1.54) is 50.3 Å². The summed E-state index contributed by atoms with van der Waals surface area (Å²) >= 11 is 7.60. The molecule has 182 valence electrons. The van der Waals surface area contributed by atoms with Gasteiger partial charge in [-0.1, -0.05) is 47.6 Å². The standard InChI is InChI=1S/C29H31ClN2O2S/c1-18(29-14-20-9-21(15-29)11-22(10-20)16-29)31-27(33)17-32-24-7-2-3-8-25(24)35-26(28(32)34)13-19-5-4-6-23(30)12-19/h2-8,12-13,18,20-22H,9-11,14-17H2,1H3,(H,31,33). The fraction of sp³-hybridized carbons (Fsp3) is 0.448. The number of fused-ring (bicyclic) bond motifs is 1. The number of halogens is 1. The highest BCUT2D eigenvalue weighted by Gasteiger charge is 2.53. The summed E-state index contributed by atoms with van der Waals surface area (Å²) in [6.45, 7) is 2.22. The molecule has 4 aliphatic carbocycles. The van der Waals surface area contributed by atoms with Crippen LogP contribution >= 0.6 is 23.4 Å². The zero-order chi connectivity index (χ0) is 24.2. The number of thioether (sulfide) groups is 1. The Morgan fingerprint density at radius 1 is 1.11 bits per heavy atom. The van der Waals surface area contributed by atoms with E-state index in [1.807, 2.05) is 54.6 Å². The number of carbonyl (C=O) groups excluding carboxylic acids is 2. The van der Waals surface area contributed by atoms with Crippen LogP contribution in [0.5, 0.6) is 0 Å². The van der Waals surface area contributed by atoms with Crippen LogP contribution in [0.25, 0.3) is 6.08 Å². The second kappa shape index (κ2) is 9.01. The van der Waals surface area contributed by atoms with Crippen molar-refractivity contribution in [2.75, 3.05) is 11.4 Å². The van der Waals surface area contributed by atoms with Crippen molar-refractivity contribution in [2.24, 2.45) is 23.2 Å². The SMILES string of the molecule is CC(NC(=O)CN1C(=O)C(=Cc2cccc(Cl)c2)Sc2ccccc21)C12CC3CC(CC(C3)C1)C2. The van der Waals surface area contributed by atoms with Crippen molar-refractivity contribution in [3.8, 4) is 0 Å². The van der Waals surface area contributed by atoms with Crippen molar-refractivity contribution in [2.45, 2.75) is 56.4 Å². The maximum Gasteiger partial charge on any atom is 0.265 e. The molecular weight excluding hydrogens is 476 g/mol. The van der Waals surface area contributed by atoms with Crippen molar-refractivity contribution < 1.29 is 9.59 Å². The Kier molecular flexibility index (Phi) is 5.96. The Morgan fingerprint density at radius 3 is 2.49 bits per heavy atom. The molecule has 4 fully saturated rings. The van der Waals surface area contributed by atoms with Crippen LogP contribution in [0.3, 0.4) is 0 Å². The lowest BCUT2D eigenvalue weighted by Gasteiger charge is -2.59. The molecule has 1 unspecified atom stereocenters. The summed E-state index contributed by atoms with van der Waals surface area (Å²) in [5, 5.41) is 3.96. The Balaban J connectivity index is 1.21. The third-order valence-corrected chi connectivity index (χ3v) is 9.97. The van der Waals surface area contributed by atoms with E-state index >= 15 is 0 Å². The summed E-state index contributed by atoms with van der Waals surface area (Å²) in [5.41, 5.74) is 1.90. The lowest BCUT2D eigenvalue weighted by Crippen LogP contribution is -2.57. The number of benzene rings is 2. The van der Waals surface area contributed by atoms with E-state index in [0.29, 0.717) is 9.93 Å². The van der Waals surface area contributed by atoms with E-state index in [9.17, 15) is 9.59 Å². The average molecular weight is 507 g/mol. The van der Waals surface area contributed by atoms with Gasteiger partial charge in [0.1, 0.15) is 6.54 Å². The van der Waals surface area contributed by atoms with Crippen molar-refractivity contribution in [3.63, 3.8) is 0 Å². The molecule has 1 atom stereocenters. The van der Waals surface area contributed by atoms with Crippen LogP contribution in [-0.2, 0) is 9.59 Å². The van der Waals surface area contributed by atoms with Crippen LogP contribution in [0.4, 0.5) is 5.69 Å². The molecule has 6 heteroatoms. The Bertz CT molecular complexity index is 1170. The summed E-state index contributed by atoms with van der Waals surface area (Å²) in [6.07, 6.45) is 9.76. The van der Waals surface area contributed by atoms with Crippen molar-refractivity contribution in [3.05, 3.63) is 64.0 Å². The summed E-state index contributed by atoms with van der Waals surface area (Å²) in [4.78, 5) is 30.1. The van der Waals surface area contributed by atoms with Gasteiger partial charge in [-0.05, 0) is 105 Å². The van der Waals surface area contributed by atoms with Gasteiger partial charge in [0.05, 0.1) is 10.6 Å². The first-order valence-corrected chi connectivity index (χ1v) is 13.9. The van der Waals surface area contributed by atoms with Gasteiger partial charge in [-0.25, -0.2) is 0 Å². The molecule has 4 bridgehead atoms. The summed E-state index contributed by atoms with van der Waals surface area (Å²) in [5.74, 6) is 2.30. The molecule has 0 saturated heterocycles. The molecule has 7 rings (SSSR count). The average Bonchev–Trinajstić information content (AvgIpc) is 2.81. The smallest absolute Gasteiger partial charge is 0.265 e. The number of hydrogen-bond acceptors (Lipinski definition) is 3. The van der Waals surface area contributed by atoms with Gasteiger partial charge < -0.3 is 5.32 Å². The zero-order valence-corrected chi connectivity index (χ0v) is 21.6. The maximum absolute atomic E-state index is 13.5. The molecule has 0 aromatic heterocycles. The fourth-order valence-corrected chi connectivity index (χ4v) is 8.72. The van der Waals surface area contributed by atoms with E-state index in [2.05, 4.69) is 12.2 Å². The van der Waals surface area contributed by atoms with E-state index in [-0.39, 0.29) is 29.8 Å². The maximum atomic E-state index is 13.5. The summed E-state index contributed by atoms with van der Waals surface area (Å²) in [6, 6.07) is 15.4. The monoisotopic (exact) mass is 506 g/mol. The zero-order valence-electron chi connectivity index (χ0n) is 20.0. The van der Waals surface area contributed by atoms with Crippen LogP contribution in [0.15, 0.2) is 58.3 Å². The van der Waals surface area contributed by atoms with E-state index in [4.69, 9.17) is 11.6 Å². The normalized spacial score (nSPS) is 30.9. The van der Waals surface area contributed by atoms with Crippen LogP contribution in [0, 0.1) is 23.2 Å². The first-order chi connectivity index (χ1) is 16.9. The second-order valence-corrected chi connectivity index (χ2v) is 12.6. The number of para-hydroxylation sites is 1. The Morgan fingerprint density at radius 2 is 1.80 bits per heavy atom. The molecule has 5 aliphatic rings. The lowest BCUT2D eigenvalue weighted by atomic mass is 9.48. The second-order valence-electron chi connectivity index (χ2n) is 11.1. The van der Waals surface area contributed by atoms with Gasteiger partial charge in [0, 0.05) is 16.0 Å². The van der Waals surface area contributed by atoms with E-state index in [0.717, 1.165) is 33.9 Å². The number of nitrogens with one attached hydrogen (secondary N) is 1. The third-order valence-electron chi connectivity index (χ3n) is 8.66. The number of rotatable bonds is 5. The molecule has 1 aliphatic heterocycles. The predicted molar refractivity (Wildman–Crippen MR) is 142 cm³/mol. The number of anilines is 1. The van der Waals surface area contributed by atoms with E-state index in [1.54, 1.807) is 4.90 Å². The topological polar surface area (TPSA) is 49.4 Å². The number of nitrogens with zero attached hydrogens (tertiary/aromatic N) is 1. The third kappa shape index (κ3) is 4.42. The number of hydrogen-bond donors (Lipinski definition) is 1. The summed E-state index contributed by atoms with van der Waals surface area (Å²) in [7, 11) is 0. The highest BCUT2D eigenvalue weighted by atomic mass is 35.5.